The summed E-state index contributed by atoms with van der Waals surface area (Å²) >= 11 is 5.96. The maximum absolute atomic E-state index is 12.9. The van der Waals surface area contributed by atoms with Gasteiger partial charge in [0, 0.05) is 17.8 Å². The van der Waals surface area contributed by atoms with E-state index in [4.69, 9.17) is 16.3 Å². The molecule has 3 rings (SSSR count). The zero-order valence-corrected chi connectivity index (χ0v) is 16.0. The van der Waals surface area contributed by atoms with Crippen LogP contribution in [-0.4, -0.2) is 37.0 Å². The highest BCUT2D eigenvalue weighted by molar-refractivity contribution is 6.36. The van der Waals surface area contributed by atoms with Crippen LogP contribution in [0.15, 0.2) is 54.2 Å². The second kappa shape index (κ2) is 8.37. The second-order valence-electron chi connectivity index (χ2n) is 6.19. The quantitative estimate of drug-likeness (QED) is 0.739. The first-order valence-corrected chi connectivity index (χ1v) is 9.14. The number of rotatable bonds is 7. The maximum atomic E-state index is 12.9. The summed E-state index contributed by atoms with van der Waals surface area (Å²) in [5, 5.41) is 3.70. The molecule has 0 aromatic heterocycles. The standard InChI is InChI=1S/C21H21ClN2O3/c1-3-14-4-10-17(11-5-14)23-19-18(15-6-8-16(22)9-7-15)20(25)24(21(19)26)12-13-27-2/h4-11,23H,3,12-13H2,1-2H3. The Morgan fingerprint density at radius 3 is 2.26 bits per heavy atom. The number of nitrogens with zero attached hydrogens (tertiary/aromatic N) is 1. The number of hydrogen-bond acceptors (Lipinski definition) is 4. The van der Waals surface area contributed by atoms with Crippen LogP contribution in [0.3, 0.4) is 0 Å². The van der Waals surface area contributed by atoms with Gasteiger partial charge in [-0.2, -0.15) is 0 Å². The summed E-state index contributed by atoms with van der Waals surface area (Å²) in [6.45, 7) is 2.56. The van der Waals surface area contributed by atoms with Gasteiger partial charge in [-0.05, 0) is 41.8 Å². The van der Waals surface area contributed by atoms with Crippen molar-refractivity contribution in [2.75, 3.05) is 25.6 Å². The summed E-state index contributed by atoms with van der Waals surface area (Å²) < 4.78 is 5.03. The number of halogens is 1. The lowest BCUT2D eigenvalue weighted by Gasteiger charge is -2.14. The highest BCUT2D eigenvalue weighted by atomic mass is 35.5. The topological polar surface area (TPSA) is 58.6 Å². The maximum Gasteiger partial charge on any atom is 0.278 e. The molecule has 27 heavy (non-hydrogen) atoms. The van der Waals surface area contributed by atoms with Gasteiger partial charge in [0.2, 0.25) is 0 Å². The van der Waals surface area contributed by atoms with Crippen LogP contribution in [0.2, 0.25) is 5.02 Å². The first kappa shape index (κ1) is 19.1. The van der Waals surface area contributed by atoms with Crippen LogP contribution in [0, 0.1) is 0 Å². The van der Waals surface area contributed by atoms with Crippen molar-refractivity contribution in [1.29, 1.82) is 0 Å². The summed E-state index contributed by atoms with van der Waals surface area (Å²) in [6.07, 6.45) is 0.932. The molecule has 1 heterocycles. The van der Waals surface area contributed by atoms with Crippen LogP contribution in [-0.2, 0) is 20.7 Å². The number of aryl methyl sites for hydroxylation is 1. The van der Waals surface area contributed by atoms with Crippen molar-refractivity contribution in [3.05, 3.63) is 70.4 Å². The summed E-state index contributed by atoms with van der Waals surface area (Å²) in [4.78, 5) is 27.0. The molecule has 0 saturated heterocycles. The predicted molar refractivity (Wildman–Crippen MR) is 106 cm³/mol. The van der Waals surface area contributed by atoms with Gasteiger partial charge >= 0.3 is 0 Å². The zero-order chi connectivity index (χ0) is 19.4. The van der Waals surface area contributed by atoms with E-state index in [-0.39, 0.29) is 30.7 Å². The number of imide groups is 1. The Morgan fingerprint density at radius 1 is 1.00 bits per heavy atom. The van der Waals surface area contributed by atoms with Crippen molar-refractivity contribution in [2.45, 2.75) is 13.3 Å². The van der Waals surface area contributed by atoms with E-state index in [1.807, 2.05) is 24.3 Å². The molecule has 0 saturated carbocycles. The van der Waals surface area contributed by atoms with Gasteiger partial charge < -0.3 is 10.1 Å². The smallest absolute Gasteiger partial charge is 0.278 e. The molecular formula is C21H21ClN2O3. The minimum atomic E-state index is -0.360. The van der Waals surface area contributed by atoms with Crippen LogP contribution in [0.5, 0.6) is 0 Å². The lowest BCUT2D eigenvalue weighted by atomic mass is 10.0. The van der Waals surface area contributed by atoms with E-state index in [2.05, 4.69) is 12.2 Å². The molecule has 0 spiro atoms. The van der Waals surface area contributed by atoms with Gasteiger partial charge in [-0.3, -0.25) is 14.5 Å². The van der Waals surface area contributed by atoms with Crippen LogP contribution in [0.4, 0.5) is 5.69 Å². The van der Waals surface area contributed by atoms with E-state index in [0.29, 0.717) is 16.2 Å². The molecule has 1 aliphatic rings. The van der Waals surface area contributed by atoms with Crippen LogP contribution in [0.25, 0.3) is 5.57 Å². The van der Waals surface area contributed by atoms with E-state index >= 15 is 0 Å². The van der Waals surface area contributed by atoms with Crippen molar-refractivity contribution in [3.8, 4) is 0 Å². The Hall–Kier alpha value is -2.63. The monoisotopic (exact) mass is 384 g/mol. The number of hydrogen-bond donors (Lipinski definition) is 1. The van der Waals surface area contributed by atoms with Crippen molar-refractivity contribution in [1.82, 2.24) is 4.90 Å². The molecule has 0 aliphatic carbocycles. The molecule has 0 fully saturated rings. The third-order valence-corrected chi connectivity index (χ3v) is 4.70. The fourth-order valence-electron chi connectivity index (χ4n) is 2.93. The van der Waals surface area contributed by atoms with Gasteiger partial charge in [0.25, 0.3) is 11.8 Å². The van der Waals surface area contributed by atoms with E-state index in [9.17, 15) is 9.59 Å². The Bertz CT molecular complexity index is 873. The average Bonchev–Trinajstić information content (AvgIpc) is 2.91. The highest BCUT2D eigenvalue weighted by Gasteiger charge is 2.38. The number of anilines is 1. The minimum absolute atomic E-state index is 0.200. The number of carbonyl (C=O) groups is 2. The summed E-state index contributed by atoms with van der Waals surface area (Å²) in [5.74, 6) is -0.700. The minimum Gasteiger partial charge on any atom is -0.383 e. The molecular weight excluding hydrogens is 364 g/mol. The van der Waals surface area contributed by atoms with Crippen molar-refractivity contribution >= 4 is 34.7 Å². The van der Waals surface area contributed by atoms with E-state index in [0.717, 1.165) is 12.1 Å². The summed E-state index contributed by atoms with van der Waals surface area (Å²) in [7, 11) is 1.53. The number of methoxy groups -OCH3 is 1. The molecule has 0 unspecified atom stereocenters. The molecule has 6 heteroatoms. The van der Waals surface area contributed by atoms with Crippen LogP contribution >= 0.6 is 11.6 Å². The predicted octanol–water partition coefficient (Wildman–Crippen LogP) is 3.74. The Labute approximate surface area is 163 Å². The Morgan fingerprint density at radius 2 is 1.67 bits per heavy atom. The van der Waals surface area contributed by atoms with Gasteiger partial charge in [0.1, 0.15) is 5.70 Å². The third kappa shape index (κ3) is 4.04. The van der Waals surface area contributed by atoms with Gasteiger partial charge in [-0.15, -0.1) is 0 Å². The molecule has 2 aromatic rings. The normalized spacial score (nSPS) is 14.3. The number of benzene rings is 2. The molecule has 2 amide bonds. The van der Waals surface area contributed by atoms with Crippen LogP contribution < -0.4 is 5.32 Å². The van der Waals surface area contributed by atoms with Gasteiger partial charge in [0.15, 0.2) is 0 Å². The van der Waals surface area contributed by atoms with E-state index < -0.39 is 0 Å². The zero-order valence-electron chi connectivity index (χ0n) is 15.3. The van der Waals surface area contributed by atoms with Gasteiger partial charge in [0.05, 0.1) is 18.7 Å². The largest absolute Gasteiger partial charge is 0.383 e. The van der Waals surface area contributed by atoms with Crippen LogP contribution in [0.1, 0.15) is 18.1 Å². The second-order valence-corrected chi connectivity index (χ2v) is 6.62. The number of nitrogens with one attached hydrogen (secondary N) is 1. The van der Waals surface area contributed by atoms with Gasteiger partial charge in [-0.1, -0.05) is 42.8 Å². The Balaban J connectivity index is 1.99. The molecule has 140 valence electrons. The lowest BCUT2D eigenvalue weighted by molar-refractivity contribution is -0.137. The lowest BCUT2D eigenvalue weighted by Crippen LogP contribution is -2.35. The fourth-order valence-corrected chi connectivity index (χ4v) is 3.06. The first-order valence-electron chi connectivity index (χ1n) is 8.76. The Kier molecular flexibility index (Phi) is 5.94. The number of carbonyl (C=O) groups excluding carboxylic acids is 2. The fraction of sp³-hybridized carbons (Fsp3) is 0.238. The number of amides is 2. The number of ether oxygens (including phenoxy) is 1. The SMILES string of the molecule is CCc1ccc(NC2=C(c3ccc(Cl)cc3)C(=O)N(CCOC)C2=O)cc1. The molecule has 2 aromatic carbocycles. The van der Waals surface area contributed by atoms with E-state index in [1.165, 1.54) is 17.6 Å². The first-order chi connectivity index (χ1) is 13.0. The molecule has 0 bridgehead atoms. The summed E-state index contributed by atoms with van der Waals surface area (Å²) in [6, 6.07) is 14.7. The third-order valence-electron chi connectivity index (χ3n) is 4.45. The van der Waals surface area contributed by atoms with Crippen molar-refractivity contribution < 1.29 is 14.3 Å². The van der Waals surface area contributed by atoms with Crippen molar-refractivity contribution in [3.63, 3.8) is 0 Å². The van der Waals surface area contributed by atoms with Crippen molar-refractivity contribution in [2.24, 2.45) is 0 Å². The molecule has 5 nitrogen and oxygen atoms in total. The molecule has 0 atom stereocenters. The molecule has 0 radical (unpaired) electrons. The molecule has 1 aliphatic heterocycles. The summed E-state index contributed by atoms with van der Waals surface area (Å²) in [5.41, 5.74) is 3.20. The average molecular weight is 385 g/mol. The molecule has 1 N–H and O–H groups in total. The highest BCUT2D eigenvalue weighted by Crippen LogP contribution is 2.31. The van der Waals surface area contributed by atoms with E-state index in [1.54, 1.807) is 24.3 Å². The van der Waals surface area contributed by atoms with Gasteiger partial charge in [-0.25, -0.2) is 0 Å².